The summed E-state index contributed by atoms with van der Waals surface area (Å²) in [4.78, 5) is 32.3. The summed E-state index contributed by atoms with van der Waals surface area (Å²) in [5, 5.41) is 13.7. The average molecular weight is 444 g/mol. The molecule has 10 nitrogen and oxygen atoms in total. The lowest BCUT2D eigenvalue weighted by molar-refractivity contribution is 0.0594. The van der Waals surface area contributed by atoms with E-state index in [0.717, 1.165) is 5.56 Å². The number of amides is 2. The van der Waals surface area contributed by atoms with Crippen LogP contribution < -0.4 is 10.6 Å². The second-order valence-corrected chi connectivity index (χ2v) is 6.80. The van der Waals surface area contributed by atoms with E-state index in [1.54, 1.807) is 24.4 Å². The van der Waals surface area contributed by atoms with Crippen molar-refractivity contribution in [3.63, 3.8) is 0 Å². The Bertz CT molecular complexity index is 1290. The summed E-state index contributed by atoms with van der Waals surface area (Å²) >= 11 is 0. The van der Waals surface area contributed by atoms with Gasteiger partial charge in [-0.3, -0.25) is 5.32 Å². The number of nitrogens with one attached hydrogen (secondary N) is 2. The zero-order valence-electron chi connectivity index (χ0n) is 17.9. The van der Waals surface area contributed by atoms with Gasteiger partial charge in [-0.25, -0.2) is 19.6 Å². The predicted molar refractivity (Wildman–Crippen MR) is 120 cm³/mol. The molecule has 3 aromatic heterocycles. The number of anilines is 1. The Morgan fingerprint density at radius 1 is 0.970 bits per heavy atom. The maximum absolute atomic E-state index is 12.0. The first-order valence-electron chi connectivity index (χ1n) is 10.1. The number of ether oxygens (including phenoxy) is 1. The number of benzene rings is 1. The SMILES string of the molecule is CCNC(=O)Nc1cc(-c2nnc(-c3ccccc3)o2)c(-c2ccnc(C(=O)OC)c2)cn1. The van der Waals surface area contributed by atoms with Crippen LogP contribution in [-0.4, -0.2) is 45.8 Å². The monoisotopic (exact) mass is 444 g/mol. The van der Waals surface area contributed by atoms with Crippen LogP contribution in [-0.2, 0) is 4.74 Å². The number of nitrogens with zero attached hydrogens (tertiary/aromatic N) is 4. The van der Waals surface area contributed by atoms with Gasteiger partial charge in [0, 0.05) is 30.1 Å². The number of esters is 1. The highest BCUT2D eigenvalue weighted by Crippen LogP contribution is 2.34. The number of methoxy groups -OCH3 is 1. The van der Waals surface area contributed by atoms with Gasteiger partial charge in [-0.05, 0) is 42.8 Å². The molecule has 0 aliphatic rings. The molecule has 2 N–H and O–H groups in total. The van der Waals surface area contributed by atoms with E-state index in [0.29, 0.717) is 34.9 Å². The lowest BCUT2D eigenvalue weighted by atomic mass is 10.0. The Morgan fingerprint density at radius 3 is 2.52 bits per heavy atom. The Hall–Kier alpha value is -4.60. The molecule has 4 rings (SSSR count). The number of carbonyl (C=O) groups is 2. The van der Waals surface area contributed by atoms with Crippen molar-refractivity contribution < 1.29 is 18.7 Å². The van der Waals surface area contributed by atoms with Crippen LogP contribution in [0.3, 0.4) is 0 Å². The largest absolute Gasteiger partial charge is 0.464 e. The normalized spacial score (nSPS) is 10.5. The first-order chi connectivity index (χ1) is 16.1. The Balaban J connectivity index is 1.80. The molecule has 0 aliphatic heterocycles. The maximum atomic E-state index is 12.0. The summed E-state index contributed by atoms with van der Waals surface area (Å²) in [6.45, 7) is 2.28. The zero-order chi connectivity index (χ0) is 23.2. The Kier molecular flexibility index (Phi) is 6.35. The molecule has 10 heteroatoms. The van der Waals surface area contributed by atoms with Crippen LogP contribution in [0.25, 0.3) is 34.0 Å². The van der Waals surface area contributed by atoms with Gasteiger partial charge in [0.05, 0.1) is 12.7 Å². The molecule has 0 spiro atoms. The highest BCUT2D eigenvalue weighted by Gasteiger charge is 2.19. The van der Waals surface area contributed by atoms with Crippen molar-refractivity contribution in [2.75, 3.05) is 19.0 Å². The second-order valence-electron chi connectivity index (χ2n) is 6.80. The van der Waals surface area contributed by atoms with Crippen molar-refractivity contribution >= 4 is 17.8 Å². The van der Waals surface area contributed by atoms with Gasteiger partial charge in [0.15, 0.2) is 0 Å². The number of rotatable bonds is 6. The minimum absolute atomic E-state index is 0.140. The summed E-state index contributed by atoms with van der Waals surface area (Å²) < 4.78 is 10.7. The lowest BCUT2D eigenvalue weighted by Gasteiger charge is -2.11. The van der Waals surface area contributed by atoms with Crippen molar-refractivity contribution in [2.45, 2.75) is 6.92 Å². The molecule has 2 amide bonds. The number of aromatic nitrogens is 4. The molecule has 166 valence electrons. The fourth-order valence-corrected chi connectivity index (χ4v) is 3.10. The molecule has 0 unspecified atom stereocenters. The van der Waals surface area contributed by atoms with E-state index in [1.807, 2.05) is 37.3 Å². The molecule has 0 fully saturated rings. The fraction of sp³-hybridized carbons (Fsp3) is 0.130. The van der Waals surface area contributed by atoms with Crippen molar-refractivity contribution in [1.29, 1.82) is 0 Å². The molecule has 3 heterocycles. The fourth-order valence-electron chi connectivity index (χ4n) is 3.10. The third kappa shape index (κ3) is 4.85. The minimum atomic E-state index is -0.565. The summed E-state index contributed by atoms with van der Waals surface area (Å²) in [5.41, 5.74) is 2.67. The molecule has 4 aromatic rings. The highest BCUT2D eigenvalue weighted by molar-refractivity contribution is 5.92. The lowest BCUT2D eigenvalue weighted by Crippen LogP contribution is -2.28. The highest BCUT2D eigenvalue weighted by atomic mass is 16.5. The van der Waals surface area contributed by atoms with E-state index >= 15 is 0 Å². The summed E-state index contributed by atoms with van der Waals surface area (Å²) in [6, 6.07) is 13.9. The van der Waals surface area contributed by atoms with Gasteiger partial charge in [-0.1, -0.05) is 18.2 Å². The Morgan fingerprint density at radius 2 is 1.76 bits per heavy atom. The van der Waals surface area contributed by atoms with Gasteiger partial charge in [0.2, 0.25) is 11.8 Å². The van der Waals surface area contributed by atoms with Crippen LogP contribution >= 0.6 is 0 Å². The molecule has 0 saturated carbocycles. The van der Waals surface area contributed by atoms with Gasteiger partial charge in [0.25, 0.3) is 0 Å². The predicted octanol–water partition coefficient (Wildman–Crippen LogP) is 3.79. The molecule has 0 bridgehead atoms. The summed E-state index contributed by atoms with van der Waals surface area (Å²) in [7, 11) is 1.29. The van der Waals surface area contributed by atoms with E-state index in [1.165, 1.54) is 13.3 Å². The van der Waals surface area contributed by atoms with Crippen molar-refractivity contribution in [3.05, 3.63) is 66.6 Å². The maximum Gasteiger partial charge on any atom is 0.356 e. The van der Waals surface area contributed by atoms with Gasteiger partial charge in [-0.15, -0.1) is 10.2 Å². The number of pyridine rings is 2. The quantitative estimate of drug-likeness (QED) is 0.429. The number of carbonyl (C=O) groups excluding carboxylic acids is 2. The first-order valence-corrected chi connectivity index (χ1v) is 10.1. The minimum Gasteiger partial charge on any atom is -0.464 e. The second kappa shape index (κ2) is 9.69. The molecule has 33 heavy (non-hydrogen) atoms. The molecule has 0 aliphatic carbocycles. The van der Waals surface area contributed by atoms with Gasteiger partial charge in [-0.2, -0.15) is 0 Å². The van der Waals surface area contributed by atoms with Crippen molar-refractivity contribution in [2.24, 2.45) is 0 Å². The molecular weight excluding hydrogens is 424 g/mol. The van der Waals surface area contributed by atoms with E-state index in [-0.39, 0.29) is 11.6 Å². The van der Waals surface area contributed by atoms with Crippen LogP contribution in [0.5, 0.6) is 0 Å². The topological polar surface area (TPSA) is 132 Å². The molecule has 0 saturated heterocycles. The summed E-state index contributed by atoms with van der Waals surface area (Å²) in [6.07, 6.45) is 3.05. The number of hydrogen-bond acceptors (Lipinski definition) is 8. The molecule has 1 aromatic carbocycles. The van der Waals surface area contributed by atoms with Gasteiger partial charge in [0.1, 0.15) is 11.5 Å². The van der Waals surface area contributed by atoms with Crippen LogP contribution in [0, 0.1) is 0 Å². The van der Waals surface area contributed by atoms with E-state index in [4.69, 9.17) is 9.15 Å². The smallest absolute Gasteiger partial charge is 0.356 e. The zero-order valence-corrected chi connectivity index (χ0v) is 17.9. The van der Waals surface area contributed by atoms with Gasteiger partial charge < -0.3 is 14.5 Å². The van der Waals surface area contributed by atoms with Gasteiger partial charge >= 0.3 is 12.0 Å². The molecular formula is C23H20N6O4. The third-order valence-corrected chi connectivity index (χ3v) is 4.62. The Labute approximate surface area is 189 Å². The first kappa shape index (κ1) is 21.6. The van der Waals surface area contributed by atoms with E-state index < -0.39 is 12.0 Å². The standard InChI is InChI=1S/C23H20N6O4/c1-3-24-23(31)27-19-12-16(21-29-28-20(33-21)14-7-5-4-6-8-14)17(13-26-19)15-9-10-25-18(11-15)22(30)32-2/h4-13H,3H2,1-2H3,(H2,24,26,27,31). The van der Waals surface area contributed by atoms with E-state index in [2.05, 4.69) is 30.8 Å². The van der Waals surface area contributed by atoms with Crippen molar-refractivity contribution in [3.8, 4) is 34.0 Å². The van der Waals surface area contributed by atoms with Crippen LogP contribution in [0.1, 0.15) is 17.4 Å². The summed E-state index contributed by atoms with van der Waals surface area (Å²) in [5.74, 6) is 0.296. The average Bonchev–Trinajstić information content (AvgIpc) is 3.34. The third-order valence-electron chi connectivity index (χ3n) is 4.62. The molecule has 0 atom stereocenters. The number of hydrogen-bond donors (Lipinski definition) is 2. The molecule has 0 radical (unpaired) electrons. The number of urea groups is 1. The van der Waals surface area contributed by atoms with Crippen LogP contribution in [0.4, 0.5) is 10.6 Å². The van der Waals surface area contributed by atoms with Crippen LogP contribution in [0.15, 0.2) is 65.3 Å². The van der Waals surface area contributed by atoms with Crippen LogP contribution in [0.2, 0.25) is 0 Å². The van der Waals surface area contributed by atoms with Crippen molar-refractivity contribution in [1.82, 2.24) is 25.5 Å². The van der Waals surface area contributed by atoms with E-state index in [9.17, 15) is 9.59 Å².